The quantitative estimate of drug-likeness (QED) is 0.0147. The number of carbonyl (C=O) groups is 4. The summed E-state index contributed by atoms with van der Waals surface area (Å²) in [7, 11) is -5.66. The monoisotopic (exact) mass is 1130 g/mol. The number of aromatic nitrogens is 2. The van der Waals surface area contributed by atoms with Crippen LogP contribution >= 0.6 is 0 Å². The van der Waals surface area contributed by atoms with Crippen molar-refractivity contribution in [2.75, 3.05) is 125 Å². The molecule has 0 unspecified atom stereocenters. The third-order valence-electron chi connectivity index (χ3n) is 11.5. The third kappa shape index (κ3) is 20.3. The van der Waals surface area contributed by atoms with Gasteiger partial charge in [-0.2, -0.15) is 17.2 Å². The Morgan fingerprint density at radius 2 is 1.31 bits per heavy atom. The fourth-order valence-electron chi connectivity index (χ4n) is 7.52. The number of aliphatic imine (C=N–C) groups is 1. The number of nitrogens with two attached hydrogens (primary N) is 1. The first-order valence-electron chi connectivity index (χ1n) is 25.2. The van der Waals surface area contributed by atoms with Gasteiger partial charge in [0.1, 0.15) is 11.7 Å². The lowest BCUT2D eigenvalue weighted by atomic mass is 10.0. The lowest BCUT2D eigenvalue weighted by Crippen LogP contribution is -2.49. The van der Waals surface area contributed by atoms with Gasteiger partial charge in [-0.25, -0.2) is 28.8 Å². The number of benzene rings is 2. The summed E-state index contributed by atoms with van der Waals surface area (Å²) in [5, 5.41) is 4.16. The number of amidine groups is 1. The van der Waals surface area contributed by atoms with Crippen LogP contribution in [-0.2, 0) is 69.1 Å². The van der Waals surface area contributed by atoms with E-state index in [-0.39, 0.29) is 89.8 Å². The van der Waals surface area contributed by atoms with Gasteiger partial charge in [0, 0.05) is 81.2 Å². The zero-order chi connectivity index (χ0) is 56.5. The molecule has 0 spiro atoms. The van der Waals surface area contributed by atoms with Crippen LogP contribution in [0.2, 0.25) is 0 Å². The number of carbonyl (C=O) groups excluding carboxylic acids is 4. The lowest BCUT2D eigenvalue weighted by molar-refractivity contribution is -0.180. The summed E-state index contributed by atoms with van der Waals surface area (Å²) < 4.78 is 124. The summed E-state index contributed by atoms with van der Waals surface area (Å²) in [5.41, 5.74) is 9.62. The Balaban J connectivity index is 0.805. The van der Waals surface area contributed by atoms with Crippen molar-refractivity contribution in [1.82, 2.24) is 30.1 Å². The Kier molecular flexibility index (Phi) is 26.3. The number of fused-ring (bicyclic) bond motifs is 1. The Bertz CT molecular complexity index is 2610. The van der Waals surface area contributed by atoms with Crippen molar-refractivity contribution in [2.45, 2.75) is 57.4 Å². The molecule has 0 atom stereocenters. The van der Waals surface area contributed by atoms with Gasteiger partial charge >= 0.3 is 16.1 Å². The zero-order valence-corrected chi connectivity index (χ0v) is 44.3. The average molecular weight is 1130 g/mol. The van der Waals surface area contributed by atoms with Gasteiger partial charge in [-0.05, 0) is 31.1 Å². The van der Waals surface area contributed by atoms with E-state index >= 15 is 0 Å². The second-order valence-corrected chi connectivity index (χ2v) is 18.6. The third-order valence-corrected chi connectivity index (χ3v) is 12.4. The number of ether oxygens (including phenoxy) is 7. The van der Waals surface area contributed by atoms with Crippen LogP contribution in [0.3, 0.4) is 0 Å². The second-order valence-electron chi connectivity index (χ2n) is 17.2. The smallest absolute Gasteiger partial charge is 0.313 e. The van der Waals surface area contributed by atoms with E-state index in [1.165, 1.54) is 5.06 Å². The highest BCUT2D eigenvalue weighted by atomic mass is 32.2. The number of hydroxylamine groups is 2. The van der Waals surface area contributed by atoms with Gasteiger partial charge in [-0.1, -0.05) is 19.1 Å². The highest BCUT2D eigenvalue weighted by Crippen LogP contribution is 2.34. The Morgan fingerprint density at radius 1 is 0.744 bits per heavy atom. The van der Waals surface area contributed by atoms with Crippen molar-refractivity contribution in [3.05, 3.63) is 70.8 Å². The van der Waals surface area contributed by atoms with Crippen molar-refractivity contribution >= 4 is 51.4 Å². The predicted molar refractivity (Wildman–Crippen MR) is 270 cm³/mol. The number of esters is 1. The van der Waals surface area contributed by atoms with Crippen LogP contribution in [0.25, 0.3) is 17.2 Å². The number of nitrogens with one attached hydrogen (secondary N) is 1. The minimum atomic E-state index is -5.66. The molecular formula is C50H66F4N8O15S. The highest BCUT2D eigenvalue weighted by molar-refractivity contribution is 7.85. The van der Waals surface area contributed by atoms with E-state index in [0.717, 1.165) is 23.1 Å². The highest BCUT2D eigenvalue weighted by Gasteiger charge is 2.34. The van der Waals surface area contributed by atoms with Gasteiger partial charge in [0.15, 0.2) is 16.5 Å². The second kappa shape index (κ2) is 32.7. The standard InChI is InChI=1S/C50H66F4N8O15S/c1-3-10-62(76-4-2)50(66)36-28-35-6-5-34(29-38(35)59-39(55)30-36)37-31-56-40(57-32-37)33-58-41(63)7-16-70-20-24-74-25-21-71-17-8-42(64)61-13-11-60(12-14-61)15-19-73-23-27-75-26-22-72-18-9-43(65)77-48-44(51)46(53)49(78(67,68)69)47(54)45(48)52/h5-6,28-29,31-32H,3-4,7-27,30,33H2,1-2H3,(H2,55,59)(H,58,63)(H,67,68,69). The van der Waals surface area contributed by atoms with E-state index in [0.29, 0.717) is 102 Å². The Labute approximate surface area is 449 Å². The van der Waals surface area contributed by atoms with Crippen molar-refractivity contribution in [2.24, 2.45) is 10.7 Å². The Morgan fingerprint density at radius 3 is 1.88 bits per heavy atom. The molecule has 1 saturated heterocycles. The molecule has 0 saturated carbocycles. The van der Waals surface area contributed by atoms with Crippen molar-refractivity contribution in [3.63, 3.8) is 0 Å². The molecule has 78 heavy (non-hydrogen) atoms. The first-order chi connectivity index (χ1) is 37.5. The number of nitrogens with zero attached hydrogens (tertiary/aromatic N) is 6. The fraction of sp³-hybridized carbons (Fsp3) is 0.540. The van der Waals surface area contributed by atoms with Crippen LogP contribution in [0.4, 0.5) is 23.2 Å². The van der Waals surface area contributed by atoms with Crippen molar-refractivity contribution < 1.29 is 87.7 Å². The van der Waals surface area contributed by atoms with Crippen LogP contribution in [0.1, 0.15) is 57.3 Å². The van der Waals surface area contributed by atoms with E-state index in [4.69, 9.17) is 43.5 Å². The molecule has 5 rings (SSSR count). The number of amides is 3. The molecule has 1 aromatic heterocycles. The summed E-state index contributed by atoms with van der Waals surface area (Å²) in [4.78, 5) is 70.8. The van der Waals surface area contributed by atoms with Crippen molar-refractivity contribution in [1.29, 1.82) is 0 Å². The SMILES string of the molecule is CCCN(OCC)C(=O)C1=Cc2ccc(-c3cnc(CNC(=O)CCOCCOCCOCCC(=O)N4CCN(CCOCCOCCOCCC(=O)Oc5c(F)c(F)c(S(=O)(=O)O)c(F)c5F)CC4)nc3)cc2N=C(N)C1. The van der Waals surface area contributed by atoms with Gasteiger partial charge in [0.25, 0.3) is 5.91 Å². The minimum absolute atomic E-state index is 0.00237. The first-order valence-corrected chi connectivity index (χ1v) is 26.7. The maximum absolute atomic E-state index is 14.0. The van der Waals surface area contributed by atoms with E-state index in [9.17, 15) is 45.2 Å². The van der Waals surface area contributed by atoms with Crippen LogP contribution in [-0.4, -0.2) is 192 Å². The number of rotatable bonds is 34. The maximum Gasteiger partial charge on any atom is 0.313 e. The number of hydrogen-bond acceptors (Lipinski definition) is 19. The zero-order valence-electron chi connectivity index (χ0n) is 43.5. The lowest BCUT2D eigenvalue weighted by Gasteiger charge is -2.34. The van der Waals surface area contributed by atoms with Crippen LogP contribution < -0.4 is 15.8 Å². The Hall–Kier alpha value is -6.08. The molecule has 430 valence electrons. The van der Waals surface area contributed by atoms with Crippen LogP contribution in [0, 0.1) is 23.3 Å². The molecule has 2 aromatic carbocycles. The normalized spacial score (nSPS) is 13.9. The molecule has 2 aliphatic rings. The predicted octanol–water partition coefficient (Wildman–Crippen LogP) is 3.55. The molecule has 3 amide bonds. The molecule has 23 nitrogen and oxygen atoms in total. The van der Waals surface area contributed by atoms with Crippen LogP contribution in [0.5, 0.6) is 5.75 Å². The maximum atomic E-state index is 14.0. The average Bonchev–Trinajstić information content (AvgIpc) is 3.63. The fourth-order valence-corrected chi connectivity index (χ4v) is 8.15. The van der Waals surface area contributed by atoms with Gasteiger partial charge in [0.05, 0.1) is 111 Å². The molecule has 1 fully saturated rings. The van der Waals surface area contributed by atoms with Gasteiger partial charge < -0.3 is 49.1 Å². The summed E-state index contributed by atoms with van der Waals surface area (Å²) in [6.07, 6.45) is 5.86. The minimum Gasteiger partial charge on any atom is -0.420 e. The summed E-state index contributed by atoms with van der Waals surface area (Å²) >= 11 is 0. The molecule has 4 N–H and O–H groups in total. The summed E-state index contributed by atoms with van der Waals surface area (Å²) in [6.45, 7) is 10.4. The van der Waals surface area contributed by atoms with Crippen molar-refractivity contribution in [3.8, 4) is 16.9 Å². The number of hydrogen-bond donors (Lipinski definition) is 3. The summed E-state index contributed by atoms with van der Waals surface area (Å²) in [5.74, 6) is -12.4. The number of piperazine rings is 1. The van der Waals surface area contributed by atoms with Gasteiger partial charge in [-0.15, -0.1) is 0 Å². The topological polar surface area (TPSA) is 282 Å². The first kappa shape index (κ1) is 62.8. The summed E-state index contributed by atoms with van der Waals surface area (Å²) in [6, 6.07) is 5.63. The molecule has 3 aromatic rings. The van der Waals surface area contributed by atoms with Gasteiger partial charge in [-0.3, -0.25) is 33.5 Å². The number of halogens is 4. The molecular weight excluding hydrogens is 1060 g/mol. The molecule has 0 bridgehead atoms. The molecule has 2 aliphatic heterocycles. The largest absolute Gasteiger partial charge is 0.420 e. The molecule has 0 radical (unpaired) electrons. The molecule has 3 heterocycles. The van der Waals surface area contributed by atoms with Crippen LogP contribution in [0.15, 0.2) is 46.1 Å². The van der Waals surface area contributed by atoms with E-state index in [1.807, 2.05) is 32.0 Å². The van der Waals surface area contributed by atoms with E-state index in [1.54, 1.807) is 23.4 Å². The molecule has 0 aliphatic carbocycles. The van der Waals surface area contributed by atoms with E-state index < -0.39 is 56.4 Å². The molecule has 28 heteroatoms. The van der Waals surface area contributed by atoms with Gasteiger partial charge in [0.2, 0.25) is 29.2 Å². The van der Waals surface area contributed by atoms with E-state index in [2.05, 4.69) is 29.9 Å².